The van der Waals surface area contributed by atoms with Crippen molar-refractivity contribution in [2.24, 2.45) is 23.0 Å². The minimum atomic E-state index is -1.14. The van der Waals surface area contributed by atoms with E-state index in [0.717, 1.165) is 12.8 Å². The van der Waals surface area contributed by atoms with Gasteiger partial charge in [0.2, 0.25) is 11.8 Å². The second-order valence-electron chi connectivity index (χ2n) is 11.9. The van der Waals surface area contributed by atoms with E-state index in [0.29, 0.717) is 38.1 Å². The second kappa shape index (κ2) is 10.8. The van der Waals surface area contributed by atoms with Gasteiger partial charge in [-0.1, -0.05) is 13.8 Å². The lowest BCUT2D eigenvalue weighted by Crippen LogP contribution is -2.65. The molecule has 6 atom stereocenters. The van der Waals surface area contributed by atoms with E-state index in [9.17, 15) is 19.5 Å². The molecule has 6 rings (SSSR count). The first-order valence-electron chi connectivity index (χ1n) is 13.8. The van der Waals surface area contributed by atoms with Gasteiger partial charge in [-0.15, -0.1) is 0 Å². The summed E-state index contributed by atoms with van der Waals surface area (Å²) in [6, 6.07) is 0. The molecule has 39 heavy (non-hydrogen) atoms. The second-order valence-corrected chi connectivity index (χ2v) is 11.9. The quantitative estimate of drug-likeness (QED) is 0.365. The molecule has 1 aromatic heterocycles. The van der Waals surface area contributed by atoms with E-state index in [1.54, 1.807) is 4.90 Å². The maximum absolute atomic E-state index is 13.8. The van der Waals surface area contributed by atoms with Crippen LogP contribution in [0.5, 0.6) is 0 Å². The molecular weight excluding hydrogens is 505 g/mol. The first-order chi connectivity index (χ1) is 18.6. The third-order valence-corrected chi connectivity index (χ3v) is 9.41. The van der Waals surface area contributed by atoms with Crippen molar-refractivity contribution in [2.75, 3.05) is 32.9 Å². The Kier molecular flexibility index (Phi) is 7.71. The number of hydrogen-bond acceptors (Lipinski definition) is 9. The highest BCUT2D eigenvalue weighted by Crippen LogP contribution is 2.65. The van der Waals surface area contributed by atoms with E-state index in [1.807, 2.05) is 0 Å². The number of carbonyl (C=O) groups excluding carboxylic acids is 3. The number of ether oxygens (including phenoxy) is 1. The van der Waals surface area contributed by atoms with Crippen LogP contribution in [0.3, 0.4) is 0 Å². The van der Waals surface area contributed by atoms with Crippen LogP contribution in [0.2, 0.25) is 0 Å². The number of nitrogens with zero attached hydrogens (tertiary/aromatic N) is 3. The number of aromatic nitrogens is 2. The summed E-state index contributed by atoms with van der Waals surface area (Å²) in [6.45, 7) is 8.05. The molecule has 0 radical (unpaired) electrons. The highest BCUT2D eigenvalue weighted by Gasteiger charge is 2.68. The van der Waals surface area contributed by atoms with E-state index in [4.69, 9.17) is 19.8 Å². The smallest absolute Gasteiger partial charge is 0.404 e. The van der Waals surface area contributed by atoms with Crippen LogP contribution in [-0.2, 0) is 23.6 Å². The number of nitrogens with two attached hydrogens (primary N) is 1. The molecule has 12 nitrogen and oxygen atoms in total. The van der Waals surface area contributed by atoms with Gasteiger partial charge in [-0.25, -0.2) is 4.98 Å². The molecule has 5 fully saturated rings. The Balaban J connectivity index is 1.37. The molecule has 3 amide bonds. The Morgan fingerprint density at radius 3 is 2.59 bits per heavy atom. The Bertz CT molecular complexity index is 1120. The van der Waals surface area contributed by atoms with Crippen molar-refractivity contribution in [2.45, 2.75) is 70.0 Å². The van der Waals surface area contributed by atoms with Crippen molar-refractivity contribution in [3.05, 3.63) is 23.8 Å². The molecular formula is C26H38BN5O7. The van der Waals surface area contributed by atoms with Crippen LogP contribution in [0.1, 0.15) is 68.6 Å². The maximum Gasteiger partial charge on any atom is 0.481 e. The number of hydrogen-bond donors (Lipinski definition) is 3. The van der Waals surface area contributed by atoms with Crippen LogP contribution in [0.4, 0.5) is 0 Å². The van der Waals surface area contributed by atoms with Crippen LogP contribution >= 0.6 is 0 Å². The standard InChI is InChI=1S/C26H38BN5O7/c1-25(2)15-12-17(25)26(3)18(13-15)38-27(39-26)19(4-9-33)31-24(36)16(14-20(34)32-7-10-37-11-8-32)21-22(23(28)35)30-6-5-29-21/h5-6,15-19,33H,4,7-14H2,1-3H3,(H2,28,35)(H,31,36)/t15-,16+,17-,18+,19-,26-/m0/s1. The molecule has 3 aliphatic carbocycles. The average molecular weight is 543 g/mol. The topological polar surface area (TPSA) is 166 Å². The molecule has 2 bridgehead atoms. The molecule has 0 spiro atoms. The zero-order chi connectivity index (χ0) is 27.9. The number of aliphatic hydroxyl groups excluding tert-OH is 1. The molecule has 13 heteroatoms. The maximum atomic E-state index is 13.8. The van der Waals surface area contributed by atoms with Crippen LogP contribution in [-0.4, -0.2) is 95.4 Å². The lowest BCUT2D eigenvalue weighted by atomic mass is 9.43. The number of morpholine rings is 1. The summed E-state index contributed by atoms with van der Waals surface area (Å²) in [5, 5.41) is 12.8. The minimum Gasteiger partial charge on any atom is -0.404 e. The van der Waals surface area contributed by atoms with Crippen molar-refractivity contribution >= 4 is 24.8 Å². The van der Waals surface area contributed by atoms with Crippen LogP contribution in [0.25, 0.3) is 0 Å². The van der Waals surface area contributed by atoms with E-state index >= 15 is 0 Å². The predicted octanol–water partition coefficient (Wildman–Crippen LogP) is 0.0427. The fraction of sp³-hybridized carbons (Fsp3) is 0.731. The highest BCUT2D eigenvalue weighted by molar-refractivity contribution is 6.48. The Hall–Kier alpha value is -2.61. The molecule has 212 valence electrons. The molecule has 5 aliphatic rings. The molecule has 2 saturated heterocycles. The Morgan fingerprint density at radius 1 is 1.21 bits per heavy atom. The summed E-state index contributed by atoms with van der Waals surface area (Å²) in [5.41, 5.74) is 5.07. The van der Waals surface area contributed by atoms with Gasteiger partial charge in [0, 0.05) is 38.5 Å². The van der Waals surface area contributed by atoms with E-state index in [1.165, 1.54) is 12.4 Å². The molecule has 0 unspecified atom stereocenters. The largest absolute Gasteiger partial charge is 0.481 e. The minimum absolute atomic E-state index is 0.0309. The summed E-state index contributed by atoms with van der Waals surface area (Å²) < 4.78 is 18.2. The molecule has 4 N–H and O–H groups in total. The van der Waals surface area contributed by atoms with Crippen LogP contribution in [0.15, 0.2) is 12.4 Å². The molecule has 0 aromatic carbocycles. The fourth-order valence-corrected chi connectivity index (χ4v) is 6.99. The van der Waals surface area contributed by atoms with Gasteiger partial charge in [0.05, 0.1) is 42.5 Å². The van der Waals surface area contributed by atoms with Crippen LogP contribution in [0, 0.1) is 17.3 Å². The SMILES string of the molecule is CC1(C)[C@@H]2C[C@H]3OB([C@H](CCO)NC(=O)[C@H](CC(=O)N4CCOCC4)c4nccnc4C(N)=O)O[C@@]3(C)[C@H]1C2. The summed E-state index contributed by atoms with van der Waals surface area (Å²) in [5.74, 6) is -2.58. The molecule has 2 aliphatic heterocycles. The van der Waals surface area contributed by atoms with Crippen molar-refractivity contribution in [3.63, 3.8) is 0 Å². The monoisotopic (exact) mass is 543 g/mol. The van der Waals surface area contributed by atoms with E-state index < -0.39 is 36.4 Å². The number of rotatable bonds is 9. The zero-order valence-corrected chi connectivity index (χ0v) is 22.8. The van der Waals surface area contributed by atoms with Gasteiger partial charge < -0.3 is 35.1 Å². The van der Waals surface area contributed by atoms with E-state index in [2.05, 4.69) is 36.1 Å². The number of amides is 3. The number of nitrogens with one attached hydrogen (secondary N) is 1. The zero-order valence-electron chi connectivity index (χ0n) is 22.8. The van der Waals surface area contributed by atoms with Gasteiger partial charge in [0.1, 0.15) is 5.69 Å². The first kappa shape index (κ1) is 27.9. The summed E-state index contributed by atoms with van der Waals surface area (Å²) in [7, 11) is -0.765. The van der Waals surface area contributed by atoms with E-state index in [-0.39, 0.29) is 48.3 Å². The first-order valence-corrected chi connectivity index (χ1v) is 13.8. The van der Waals surface area contributed by atoms with Crippen molar-refractivity contribution in [3.8, 4) is 0 Å². The fourth-order valence-electron chi connectivity index (χ4n) is 6.99. The summed E-state index contributed by atoms with van der Waals surface area (Å²) in [4.78, 5) is 49.0. The number of aliphatic hydroxyl groups is 1. The van der Waals surface area contributed by atoms with Gasteiger partial charge in [0.25, 0.3) is 5.91 Å². The lowest BCUT2D eigenvalue weighted by Gasteiger charge is -2.64. The molecule has 3 heterocycles. The van der Waals surface area contributed by atoms with Gasteiger partial charge in [-0.3, -0.25) is 19.4 Å². The normalized spacial score (nSPS) is 30.6. The third-order valence-electron chi connectivity index (χ3n) is 9.41. The predicted molar refractivity (Wildman–Crippen MR) is 139 cm³/mol. The van der Waals surface area contributed by atoms with Crippen molar-refractivity contribution in [1.29, 1.82) is 0 Å². The van der Waals surface area contributed by atoms with Gasteiger partial charge in [0.15, 0.2) is 0 Å². The Morgan fingerprint density at radius 2 is 1.92 bits per heavy atom. The van der Waals surface area contributed by atoms with Gasteiger partial charge >= 0.3 is 7.12 Å². The molecule has 1 aromatic rings. The molecule has 3 saturated carbocycles. The number of primary amides is 1. The summed E-state index contributed by atoms with van der Waals surface area (Å²) >= 11 is 0. The third kappa shape index (κ3) is 5.05. The Labute approximate surface area is 228 Å². The van der Waals surface area contributed by atoms with Gasteiger partial charge in [-0.2, -0.15) is 0 Å². The highest BCUT2D eigenvalue weighted by atomic mass is 16.7. The van der Waals surface area contributed by atoms with Crippen LogP contribution < -0.4 is 11.1 Å². The van der Waals surface area contributed by atoms with Gasteiger partial charge in [-0.05, 0) is 43.4 Å². The lowest BCUT2D eigenvalue weighted by molar-refractivity contribution is -0.199. The average Bonchev–Trinajstić information content (AvgIpc) is 3.28. The van der Waals surface area contributed by atoms with Crippen molar-refractivity contribution < 1.29 is 33.5 Å². The number of carbonyl (C=O) groups is 3. The van der Waals surface area contributed by atoms with Crippen molar-refractivity contribution in [1.82, 2.24) is 20.2 Å². The summed E-state index contributed by atoms with van der Waals surface area (Å²) in [6.07, 6.45) is 4.49.